The standard InChI is InChI=1S/C24H48I2O3/c1-5-21(17-13-9-11-15-19-25)23(27-7-3)29-24(28-8-4)22(6-2)18-14-10-12-16-20-26/h21-24H,5-20H2,1-4H3. The van der Waals surface area contributed by atoms with Crippen molar-refractivity contribution in [3.63, 3.8) is 0 Å². The molecule has 0 bridgehead atoms. The van der Waals surface area contributed by atoms with E-state index in [1.807, 2.05) is 0 Å². The third-order valence-electron chi connectivity index (χ3n) is 5.67. The molecular weight excluding hydrogens is 590 g/mol. The van der Waals surface area contributed by atoms with E-state index in [4.69, 9.17) is 14.2 Å². The van der Waals surface area contributed by atoms with E-state index in [9.17, 15) is 0 Å². The first-order chi connectivity index (χ1) is 14.2. The largest absolute Gasteiger partial charge is 0.353 e. The first-order valence-electron chi connectivity index (χ1n) is 12.2. The fraction of sp³-hybridized carbons (Fsp3) is 1.00. The van der Waals surface area contributed by atoms with Gasteiger partial charge in [-0.15, -0.1) is 0 Å². The SMILES string of the molecule is CCOC(OC(OCC)C(CC)CCCCCCI)C(CC)CCCCCCI. The fourth-order valence-corrected chi connectivity index (χ4v) is 4.89. The minimum Gasteiger partial charge on any atom is -0.353 e. The van der Waals surface area contributed by atoms with Crippen LogP contribution in [0.3, 0.4) is 0 Å². The van der Waals surface area contributed by atoms with Crippen LogP contribution in [-0.4, -0.2) is 34.6 Å². The molecule has 0 amide bonds. The fourth-order valence-electron chi connectivity index (χ4n) is 3.81. The second kappa shape index (κ2) is 22.5. The minimum absolute atomic E-state index is 0.140. The summed E-state index contributed by atoms with van der Waals surface area (Å²) < 4.78 is 21.3. The van der Waals surface area contributed by atoms with Gasteiger partial charge in [0.2, 0.25) is 0 Å². The summed E-state index contributed by atoms with van der Waals surface area (Å²) >= 11 is 4.95. The summed E-state index contributed by atoms with van der Waals surface area (Å²) in [6.45, 7) is 10.1. The van der Waals surface area contributed by atoms with Gasteiger partial charge < -0.3 is 14.2 Å². The van der Waals surface area contributed by atoms with Crippen molar-refractivity contribution in [2.24, 2.45) is 11.8 Å². The summed E-state index contributed by atoms with van der Waals surface area (Å²) in [5.74, 6) is 0.914. The van der Waals surface area contributed by atoms with E-state index in [0.717, 1.165) is 12.8 Å². The Labute approximate surface area is 209 Å². The lowest BCUT2D eigenvalue weighted by Gasteiger charge is -2.33. The summed E-state index contributed by atoms with van der Waals surface area (Å²) in [5.41, 5.74) is 0. The zero-order chi connectivity index (χ0) is 21.7. The lowest BCUT2D eigenvalue weighted by molar-refractivity contribution is -0.278. The van der Waals surface area contributed by atoms with Gasteiger partial charge >= 0.3 is 0 Å². The molecule has 3 nitrogen and oxygen atoms in total. The lowest BCUT2D eigenvalue weighted by Crippen LogP contribution is -2.37. The highest BCUT2D eigenvalue weighted by molar-refractivity contribution is 14.1. The molecule has 0 aromatic carbocycles. The van der Waals surface area contributed by atoms with Crippen LogP contribution in [0.4, 0.5) is 0 Å². The van der Waals surface area contributed by atoms with Crippen LogP contribution < -0.4 is 0 Å². The molecule has 0 spiro atoms. The number of hydrogen-bond donors (Lipinski definition) is 0. The van der Waals surface area contributed by atoms with Gasteiger partial charge in [0.1, 0.15) is 0 Å². The van der Waals surface area contributed by atoms with E-state index < -0.39 is 0 Å². The van der Waals surface area contributed by atoms with Crippen molar-refractivity contribution in [3.8, 4) is 0 Å². The van der Waals surface area contributed by atoms with Crippen molar-refractivity contribution in [2.45, 2.75) is 117 Å². The second-order valence-corrected chi connectivity index (χ2v) is 10.1. The van der Waals surface area contributed by atoms with E-state index in [1.54, 1.807) is 0 Å². The van der Waals surface area contributed by atoms with Crippen molar-refractivity contribution >= 4 is 45.2 Å². The van der Waals surface area contributed by atoms with Gasteiger partial charge in [0.15, 0.2) is 12.6 Å². The zero-order valence-corrected chi connectivity index (χ0v) is 23.9. The molecule has 0 aromatic rings. The minimum atomic E-state index is -0.140. The molecule has 0 rings (SSSR count). The highest BCUT2D eigenvalue weighted by atomic mass is 127. The van der Waals surface area contributed by atoms with Crippen LogP contribution in [0, 0.1) is 11.8 Å². The maximum absolute atomic E-state index is 6.55. The molecule has 4 unspecified atom stereocenters. The highest BCUT2D eigenvalue weighted by Gasteiger charge is 2.29. The van der Waals surface area contributed by atoms with E-state index in [-0.39, 0.29) is 12.6 Å². The molecule has 0 fully saturated rings. The molecule has 0 saturated carbocycles. The molecule has 0 aliphatic carbocycles. The summed E-state index contributed by atoms with van der Waals surface area (Å²) in [5, 5.41) is 0. The van der Waals surface area contributed by atoms with Crippen molar-refractivity contribution in [3.05, 3.63) is 0 Å². The Hall–Kier alpha value is 1.34. The molecule has 0 radical (unpaired) electrons. The molecular formula is C24H48I2O3. The van der Waals surface area contributed by atoms with Gasteiger partial charge in [-0.05, 0) is 61.2 Å². The zero-order valence-electron chi connectivity index (χ0n) is 19.6. The lowest BCUT2D eigenvalue weighted by atomic mass is 9.96. The van der Waals surface area contributed by atoms with Crippen LogP contribution in [-0.2, 0) is 14.2 Å². The van der Waals surface area contributed by atoms with Gasteiger partial charge in [0.05, 0.1) is 0 Å². The van der Waals surface area contributed by atoms with Crippen LogP contribution >= 0.6 is 45.2 Å². The molecule has 4 atom stereocenters. The van der Waals surface area contributed by atoms with E-state index in [1.165, 1.54) is 73.1 Å². The van der Waals surface area contributed by atoms with Crippen molar-refractivity contribution in [2.75, 3.05) is 22.1 Å². The smallest absolute Gasteiger partial charge is 0.163 e. The van der Waals surface area contributed by atoms with E-state index in [0.29, 0.717) is 25.0 Å². The number of halogens is 2. The van der Waals surface area contributed by atoms with Crippen molar-refractivity contribution in [1.82, 2.24) is 0 Å². The Morgan fingerprint density at radius 3 is 1.24 bits per heavy atom. The van der Waals surface area contributed by atoms with Gasteiger partial charge in [0.25, 0.3) is 0 Å². The maximum atomic E-state index is 6.55. The molecule has 176 valence electrons. The van der Waals surface area contributed by atoms with Gasteiger partial charge in [-0.25, -0.2) is 0 Å². The first kappa shape index (κ1) is 30.3. The van der Waals surface area contributed by atoms with E-state index >= 15 is 0 Å². The normalized spacial score (nSPS) is 15.9. The van der Waals surface area contributed by atoms with Gasteiger partial charge in [-0.2, -0.15) is 0 Å². The molecule has 5 heteroatoms. The Morgan fingerprint density at radius 2 is 0.931 bits per heavy atom. The number of unbranched alkanes of at least 4 members (excludes halogenated alkanes) is 6. The monoisotopic (exact) mass is 638 g/mol. The van der Waals surface area contributed by atoms with Gasteiger partial charge in [-0.3, -0.25) is 0 Å². The average molecular weight is 638 g/mol. The Bertz CT molecular complexity index is 301. The Morgan fingerprint density at radius 1 is 0.552 bits per heavy atom. The molecule has 0 aliphatic heterocycles. The third kappa shape index (κ3) is 15.7. The topological polar surface area (TPSA) is 27.7 Å². The van der Waals surface area contributed by atoms with Crippen LogP contribution in [0.25, 0.3) is 0 Å². The molecule has 29 heavy (non-hydrogen) atoms. The summed E-state index contributed by atoms with van der Waals surface area (Å²) in [6, 6.07) is 0. The predicted octanol–water partition coefficient (Wildman–Crippen LogP) is 8.55. The van der Waals surface area contributed by atoms with Crippen LogP contribution in [0.5, 0.6) is 0 Å². The number of alkyl halides is 2. The Balaban J connectivity index is 4.77. The molecule has 0 saturated heterocycles. The second-order valence-electron chi connectivity index (χ2n) is 7.90. The van der Waals surface area contributed by atoms with E-state index in [2.05, 4.69) is 72.9 Å². The molecule has 0 aliphatic rings. The number of rotatable bonds is 22. The van der Waals surface area contributed by atoms with Crippen LogP contribution in [0.1, 0.15) is 105 Å². The maximum Gasteiger partial charge on any atom is 0.163 e. The number of hydrogen-bond acceptors (Lipinski definition) is 3. The third-order valence-corrected chi connectivity index (χ3v) is 7.19. The predicted molar refractivity (Wildman–Crippen MR) is 143 cm³/mol. The van der Waals surface area contributed by atoms with Gasteiger partial charge in [0, 0.05) is 25.0 Å². The van der Waals surface area contributed by atoms with Crippen LogP contribution in [0.2, 0.25) is 0 Å². The molecule has 0 aromatic heterocycles. The Kier molecular flexibility index (Phi) is 23.6. The quantitative estimate of drug-likeness (QED) is 0.0515. The average Bonchev–Trinajstić information content (AvgIpc) is 2.73. The van der Waals surface area contributed by atoms with Crippen molar-refractivity contribution in [1.29, 1.82) is 0 Å². The van der Waals surface area contributed by atoms with Crippen LogP contribution in [0.15, 0.2) is 0 Å². The molecule has 0 N–H and O–H groups in total. The highest BCUT2D eigenvalue weighted by Crippen LogP contribution is 2.28. The first-order valence-corrected chi connectivity index (χ1v) is 15.2. The van der Waals surface area contributed by atoms with Gasteiger partial charge in [-0.1, -0.05) is 97.6 Å². The molecule has 0 heterocycles. The van der Waals surface area contributed by atoms with Crippen molar-refractivity contribution < 1.29 is 14.2 Å². The summed E-state index contributed by atoms with van der Waals surface area (Å²) in [7, 11) is 0. The summed E-state index contributed by atoms with van der Waals surface area (Å²) in [6.07, 6.45) is 14.9. The number of ether oxygens (including phenoxy) is 3. The summed E-state index contributed by atoms with van der Waals surface area (Å²) in [4.78, 5) is 0.